The summed E-state index contributed by atoms with van der Waals surface area (Å²) in [6.45, 7) is 0. The smallest absolute Gasteiger partial charge is 0.515 e. The first-order chi connectivity index (χ1) is 4.83. The molecule has 0 aromatic heterocycles. The number of rotatable bonds is 2. The largest absolute Gasteiger partial charge is 1.00 e. The number of thiocarbonyl (C=S) groups is 1. The van der Waals surface area contributed by atoms with Gasteiger partial charge in [0.1, 0.15) is 0 Å². The molecule has 0 saturated carbocycles. The molecule has 0 aliphatic heterocycles. The van der Waals surface area contributed by atoms with Crippen LogP contribution in [0.15, 0.2) is 24.3 Å². The zero-order valence-electron chi connectivity index (χ0n) is 6.10. The summed E-state index contributed by atoms with van der Waals surface area (Å²) in [5.41, 5.74) is 3.30. The monoisotopic (exact) mass is 177 g/mol. The number of hydrogen-bond acceptors (Lipinski definition) is 1. The van der Waals surface area contributed by atoms with E-state index >= 15 is 0 Å². The Morgan fingerprint density at radius 2 is 1.82 bits per heavy atom. The third-order valence-electron chi connectivity index (χ3n) is 1.04. The normalized spacial score (nSPS) is 8.09. The fourth-order valence-corrected chi connectivity index (χ4v) is 0.836. The molecule has 0 saturated heterocycles. The van der Waals surface area contributed by atoms with Crippen molar-refractivity contribution < 1.29 is 18.9 Å². The minimum atomic E-state index is 0. The summed E-state index contributed by atoms with van der Waals surface area (Å²) in [7, 11) is 0. The van der Waals surface area contributed by atoms with Crippen LogP contribution in [0.1, 0.15) is 0 Å². The molecule has 1 rings (SSSR count). The van der Waals surface area contributed by atoms with E-state index in [1.54, 1.807) is 12.1 Å². The summed E-state index contributed by atoms with van der Waals surface area (Å²) >= 11 is 10.1. The van der Waals surface area contributed by atoms with Gasteiger partial charge >= 0.3 is 18.9 Å². The number of nitrogens with one attached hydrogen (secondary N) is 1. The van der Waals surface area contributed by atoms with Crippen LogP contribution in [0.4, 0.5) is 5.69 Å². The fraction of sp³-hybridized carbons (Fsp3) is 0. The molecule has 1 aromatic carbocycles. The Morgan fingerprint density at radius 1 is 1.27 bits per heavy atom. The standard InChI is InChI=1S/C7H5ClNS.Li/c8-6-1-3-7(4-2-6)9-5-10;/h1-4H,(H,9,10);/q-1;+1. The van der Waals surface area contributed by atoms with Crippen molar-refractivity contribution in [2.24, 2.45) is 0 Å². The Bertz CT molecular complexity index is 224. The maximum atomic E-state index is 5.64. The predicted octanol–water partition coefficient (Wildman–Crippen LogP) is -0.410. The van der Waals surface area contributed by atoms with Crippen molar-refractivity contribution in [2.75, 3.05) is 5.32 Å². The molecule has 0 bridgehead atoms. The predicted molar refractivity (Wildman–Crippen MR) is 47.7 cm³/mol. The minimum absolute atomic E-state index is 0. The van der Waals surface area contributed by atoms with Gasteiger partial charge in [-0.15, -0.1) is 23.3 Å². The van der Waals surface area contributed by atoms with Crippen LogP contribution < -0.4 is 24.2 Å². The minimum Gasteiger partial charge on any atom is -0.515 e. The van der Waals surface area contributed by atoms with Crippen LogP contribution in [0.3, 0.4) is 0 Å². The van der Waals surface area contributed by atoms with Gasteiger partial charge in [0.05, 0.1) is 0 Å². The van der Waals surface area contributed by atoms with Gasteiger partial charge in [-0.05, 0) is 0 Å². The summed E-state index contributed by atoms with van der Waals surface area (Å²) in [6, 6.07) is 7.25. The number of halogens is 1. The van der Waals surface area contributed by atoms with Gasteiger partial charge in [-0.3, -0.25) is 0 Å². The number of benzene rings is 1. The summed E-state index contributed by atoms with van der Waals surface area (Å²) < 4.78 is 0. The third kappa shape index (κ3) is 3.79. The summed E-state index contributed by atoms with van der Waals surface area (Å²) in [5, 5.41) is 3.46. The first kappa shape index (κ1) is 11.0. The Balaban J connectivity index is 0.000001000. The van der Waals surface area contributed by atoms with Crippen LogP contribution in [-0.4, -0.2) is 5.49 Å². The molecule has 0 radical (unpaired) electrons. The summed E-state index contributed by atoms with van der Waals surface area (Å²) in [4.78, 5) is 0. The average Bonchev–Trinajstić information content (AvgIpc) is 1.95. The third-order valence-corrected chi connectivity index (χ3v) is 1.39. The molecule has 11 heavy (non-hydrogen) atoms. The zero-order valence-corrected chi connectivity index (χ0v) is 7.67. The van der Waals surface area contributed by atoms with Gasteiger partial charge in [-0.25, -0.2) is 12.2 Å². The van der Waals surface area contributed by atoms with Crippen LogP contribution in [0, 0.1) is 0 Å². The van der Waals surface area contributed by atoms with Gasteiger partial charge in [0.2, 0.25) is 0 Å². The Kier molecular flexibility index (Phi) is 5.62. The van der Waals surface area contributed by atoms with Gasteiger partial charge in [0.25, 0.3) is 0 Å². The Labute approximate surface area is 88.3 Å². The molecule has 0 aliphatic rings. The van der Waals surface area contributed by atoms with E-state index in [9.17, 15) is 0 Å². The van der Waals surface area contributed by atoms with Gasteiger partial charge in [-0.1, -0.05) is 23.7 Å². The van der Waals surface area contributed by atoms with Gasteiger partial charge in [-0.2, -0.15) is 0 Å². The molecule has 4 heteroatoms. The first-order valence-electron chi connectivity index (χ1n) is 2.71. The van der Waals surface area contributed by atoms with Crippen molar-refractivity contribution in [3.8, 4) is 0 Å². The first-order valence-corrected chi connectivity index (χ1v) is 3.50. The van der Waals surface area contributed by atoms with Gasteiger partial charge in [0.15, 0.2) is 0 Å². The molecule has 0 amide bonds. The second-order valence-corrected chi connectivity index (χ2v) is 2.37. The maximum Gasteiger partial charge on any atom is 1.00 e. The Morgan fingerprint density at radius 3 is 2.27 bits per heavy atom. The Hall–Kier alpha value is -0.00260. The van der Waals surface area contributed by atoms with Crippen LogP contribution in [-0.2, 0) is 0 Å². The van der Waals surface area contributed by atoms with Crippen molar-refractivity contribution in [3.63, 3.8) is 0 Å². The van der Waals surface area contributed by atoms with E-state index in [0.717, 1.165) is 10.7 Å². The van der Waals surface area contributed by atoms with E-state index in [-0.39, 0.29) is 18.9 Å². The number of anilines is 1. The van der Waals surface area contributed by atoms with Crippen LogP contribution in [0.25, 0.3) is 0 Å². The van der Waals surface area contributed by atoms with E-state index < -0.39 is 0 Å². The molecule has 0 aliphatic carbocycles. The van der Waals surface area contributed by atoms with Gasteiger partial charge in [0, 0.05) is 5.02 Å². The zero-order chi connectivity index (χ0) is 7.40. The second kappa shape index (κ2) is 5.62. The van der Waals surface area contributed by atoms with Crippen molar-refractivity contribution in [1.29, 1.82) is 0 Å². The quantitative estimate of drug-likeness (QED) is 0.285. The second-order valence-electron chi connectivity index (χ2n) is 1.73. The molecular weight excluding hydrogens is 173 g/mol. The average molecular weight is 178 g/mol. The molecular formula is C7H5ClLiNS. The van der Waals surface area contributed by atoms with Crippen LogP contribution >= 0.6 is 23.8 Å². The summed E-state index contributed by atoms with van der Waals surface area (Å²) in [6.07, 6.45) is 0. The van der Waals surface area contributed by atoms with Crippen LogP contribution in [0.5, 0.6) is 0 Å². The van der Waals surface area contributed by atoms with Crippen molar-refractivity contribution in [3.05, 3.63) is 29.3 Å². The molecule has 1 N–H and O–H groups in total. The summed E-state index contributed by atoms with van der Waals surface area (Å²) in [5.74, 6) is 0. The number of hydrogen-bond donors (Lipinski definition) is 1. The van der Waals surface area contributed by atoms with E-state index in [1.165, 1.54) is 0 Å². The molecule has 1 nitrogen and oxygen atoms in total. The van der Waals surface area contributed by atoms with E-state index in [1.807, 2.05) is 12.1 Å². The molecule has 1 aromatic rings. The molecule has 0 atom stereocenters. The molecule has 0 unspecified atom stereocenters. The SMILES string of the molecule is S=[C-]Nc1ccc(Cl)cc1.[Li+]. The van der Waals surface area contributed by atoms with Crippen molar-refractivity contribution >= 4 is 35.0 Å². The van der Waals surface area contributed by atoms with Crippen molar-refractivity contribution in [1.82, 2.24) is 0 Å². The van der Waals surface area contributed by atoms with Crippen LogP contribution in [0.2, 0.25) is 5.02 Å². The molecule has 0 heterocycles. The topological polar surface area (TPSA) is 12.0 Å². The maximum absolute atomic E-state index is 5.64. The molecule has 0 fully saturated rings. The van der Waals surface area contributed by atoms with Crippen molar-refractivity contribution in [2.45, 2.75) is 0 Å². The molecule has 52 valence electrons. The van der Waals surface area contributed by atoms with E-state index in [0.29, 0.717) is 0 Å². The molecule has 0 spiro atoms. The fourth-order valence-electron chi connectivity index (χ4n) is 0.592. The van der Waals surface area contributed by atoms with Gasteiger partial charge < -0.3 is 5.32 Å². The van der Waals surface area contributed by atoms with E-state index in [4.69, 9.17) is 11.6 Å². The van der Waals surface area contributed by atoms with E-state index in [2.05, 4.69) is 23.0 Å².